The second-order valence-electron chi connectivity index (χ2n) is 4.11. The maximum Gasteiger partial charge on any atom is 0.0484 e. The fraction of sp³-hybridized carbons (Fsp3) is 0.600. The van der Waals surface area contributed by atoms with Crippen LogP contribution in [0.1, 0.15) is 18.4 Å². The highest BCUT2D eigenvalue weighted by Crippen LogP contribution is 2.18. The lowest BCUT2D eigenvalue weighted by Crippen LogP contribution is -1.95. The summed E-state index contributed by atoms with van der Waals surface area (Å²) in [4.78, 5) is 1.30. The normalized spacial score (nSPS) is 10.0. The predicted molar refractivity (Wildman–Crippen MR) is 85.1 cm³/mol. The molecule has 0 amide bonds. The quantitative estimate of drug-likeness (QED) is 0.541. The summed E-state index contributed by atoms with van der Waals surface area (Å²) in [6, 6.07) is 8.41. The van der Waals surface area contributed by atoms with Crippen molar-refractivity contribution >= 4 is 11.8 Å². The first-order valence-electron chi connectivity index (χ1n) is 6.79. The monoisotopic (exact) mass is 301 g/mol. The number of aliphatic hydroxyl groups excluding tert-OH is 1. The molecule has 20 heavy (non-hydrogen) atoms. The zero-order valence-corrected chi connectivity index (χ0v) is 13.3. The van der Waals surface area contributed by atoms with Crippen molar-refractivity contribution in [2.75, 3.05) is 39.8 Å². The molecule has 1 rings (SSSR count). The van der Waals surface area contributed by atoms with Crippen LogP contribution in [0.3, 0.4) is 0 Å². The molecule has 0 radical (unpaired) electrons. The second kappa shape index (κ2) is 14.8. The molecule has 0 aliphatic heterocycles. The van der Waals surface area contributed by atoms with Crippen LogP contribution < -0.4 is 5.73 Å². The van der Waals surface area contributed by atoms with E-state index in [2.05, 4.69) is 29.0 Å². The Hall–Kier alpha value is -0.590. The summed E-state index contributed by atoms with van der Waals surface area (Å²) in [7, 11) is 3.36. The average molecular weight is 301 g/mol. The molecule has 1 aromatic carbocycles. The van der Waals surface area contributed by atoms with Gasteiger partial charge in [0, 0.05) is 51.2 Å². The highest BCUT2D eigenvalue weighted by Gasteiger charge is 1.94. The number of rotatable bonds is 9. The molecule has 0 aromatic heterocycles. The van der Waals surface area contributed by atoms with Crippen molar-refractivity contribution in [1.82, 2.24) is 0 Å². The smallest absolute Gasteiger partial charge is 0.0484 e. The van der Waals surface area contributed by atoms with Crippen molar-refractivity contribution in [2.24, 2.45) is 5.73 Å². The van der Waals surface area contributed by atoms with Gasteiger partial charge in [0.2, 0.25) is 0 Å². The number of aliphatic hydroxyl groups is 1. The highest BCUT2D eigenvalue weighted by atomic mass is 32.2. The van der Waals surface area contributed by atoms with Crippen LogP contribution in [0.2, 0.25) is 0 Å². The molecule has 0 unspecified atom stereocenters. The van der Waals surface area contributed by atoms with Crippen LogP contribution in [0.15, 0.2) is 29.2 Å². The fourth-order valence-electron chi connectivity index (χ4n) is 1.32. The molecule has 5 heteroatoms. The van der Waals surface area contributed by atoms with Crippen LogP contribution in [0.4, 0.5) is 0 Å². The van der Waals surface area contributed by atoms with Gasteiger partial charge < -0.3 is 20.3 Å². The Bertz CT molecular complexity index is 302. The number of hydrogen-bond donors (Lipinski definition) is 2. The van der Waals surface area contributed by atoms with Gasteiger partial charge in [0.25, 0.3) is 0 Å². The average Bonchev–Trinajstić information content (AvgIpc) is 2.51. The van der Waals surface area contributed by atoms with Crippen LogP contribution in [-0.2, 0) is 16.0 Å². The molecule has 4 nitrogen and oxygen atoms in total. The maximum absolute atomic E-state index is 8.12. The Morgan fingerprint density at radius 1 is 1.05 bits per heavy atom. The Kier molecular flexibility index (Phi) is 14.4. The van der Waals surface area contributed by atoms with Gasteiger partial charge in [0.15, 0.2) is 0 Å². The van der Waals surface area contributed by atoms with Gasteiger partial charge >= 0.3 is 0 Å². The molecule has 3 N–H and O–H groups in total. The van der Waals surface area contributed by atoms with Gasteiger partial charge in [-0.3, -0.25) is 0 Å². The molecule has 0 saturated heterocycles. The van der Waals surface area contributed by atoms with Gasteiger partial charge in [-0.05, 0) is 30.5 Å². The second-order valence-corrected chi connectivity index (χ2v) is 5.28. The first-order valence-corrected chi connectivity index (χ1v) is 7.77. The van der Waals surface area contributed by atoms with Crippen LogP contribution in [0.25, 0.3) is 0 Å². The maximum atomic E-state index is 8.12. The van der Waals surface area contributed by atoms with Crippen LogP contribution in [-0.4, -0.2) is 44.9 Å². The Morgan fingerprint density at radius 2 is 1.65 bits per heavy atom. The van der Waals surface area contributed by atoms with Gasteiger partial charge in [-0.1, -0.05) is 12.1 Å². The van der Waals surface area contributed by atoms with Crippen molar-refractivity contribution in [3.8, 4) is 0 Å². The summed E-state index contributed by atoms with van der Waals surface area (Å²) in [5, 5.41) is 8.12. The predicted octanol–water partition coefficient (Wildman–Crippen LogP) is 2.29. The summed E-state index contributed by atoms with van der Waals surface area (Å²) in [5.41, 5.74) is 6.70. The molecule has 0 atom stereocenters. The van der Waals surface area contributed by atoms with E-state index in [0.717, 1.165) is 25.2 Å². The van der Waals surface area contributed by atoms with E-state index in [-0.39, 0.29) is 6.61 Å². The zero-order chi connectivity index (χ0) is 15.1. The van der Waals surface area contributed by atoms with Crippen molar-refractivity contribution in [3.05, 3.63) is 29.8 Å². The lowest BCUT2D eigenvalue weighted by Gasteiger charge is -2.02. The van der Waals surface area contributed by atoms with E-state index in [0.29, 0.717) is 13.2 Å². The molecule has 116 valence electrons. The van der Waals surface area contributed by atoms with E-state index in [1.54, 1.807) is 14.2 Å². The first kappa shape index (κ1) is 19.4. The van der Waals surface area contributed by atoms with Crippen LogP contribution >= 0.6 is 11.8 Å². The van der Waals surface area contributed by atoms with Gasteiger partial charge in [-0.15, -0.1) is 11.8 Å². The lowest BCUT2D eigenvalue weighted by molar-refractivity contribution is 0.166. The van der Waals surface area contributed by atoms with E-state index < -0.39 is 0 Å². The number of benzene rings is 1. The Morgan fingerprint density at radius 3 is 2.10 bits per heavy atom. The number of thioether (sulfide) groups is 1. The molecule has 0 heterocycles. The van der Waals surface area contributed by atoms with Crippen LogP contribution in [0.5, 0.6) is 0 Å². The zero-order valence-electron chi connectivity index (χ0n) is 12.5. The molecular weight excluding hydrogens is 274 g/mol. The minimum absolute atomic E-state index is 0.230. The first-order chi connectivity index (χ1) is 9.78. The van der Waals surface area contributed by atoms with Crippen molar-refractivity contribution < 1.29 is 14.6 Å². The summed E-state index contributed by atoms with van der Waals surface area (Å²) in [6.45, 7) is 2.35. The third-order valence-electron chi connectivity index (χ3n) is 2.43. The van der Waals surface area contributed by atoms with E-state index in [9.17, 15) is 0 Å². The van der Waals surface area contributed by atoms with Gasteiger partial charge in [-0.2, -0.15) is 0 Å². The lowest BCUT2D eigenvalue weighted by atomic mass is 10.2. The van der Waals surface area contributed by atoms with E-state index in [1.165, 1.54) is 10.5 Å². The third-order valence-corrected chi connectivity index (χ3v) is 3.53. The summed E-state index contributed by atoms with van der Waals surface area (Å²) < 4.78 is 9.61. The minimum atomic E-state index is 0.230. The fourth-order valence-corrected chi connectivity index (χ4v) is 2.15. The van der Waals surface area contributed by atoms with E-state index in [1.807, 2.05) is 11.8 Å². The van der Waals surface area contributed by atoms with Gasteiger partial charge in [0.05, 0.1) is 0 Å². The van der Waals surface area contributed by atoms with Crippen molar-refractivity contribution in [2.45, 2.75) is 24.3 Å². The van der Waals surface area contributed by atoms with E-state index >= 15 is 0 Å². The third kappa shape index (κ3) is 11.3. The molecular formula is C15H27NO3S. The topological polar surface area (TPSA) is 64.7 Å². The largest absolute Gasteiger partial charge is 0.396 e. The minimum Gasteiger partial charge on any atom is -0.396 e. The van der Waals surface area contributed by atoms with E-state index in [4.69, 9.17) is 15.6 Å². The summed E-state index contributed by atoms with van der Waals surface area (Å²) >= 11 is 1.86. The molecule has 0 aliphatic carbocycles. The Balaban J connectivity index is 0.000000511. The van der Waals surface area contributed by atoms with Crippen molar-refractivity contribution in [3.63, 3.8) is 0 Å². The summed E-state index contributed by atoms with van der Waals surface area (Å²) in [6.07, 6.45) is 1.84. The van der Waals surface area contributed by atoms with Crippen molar-refractivity contribution in [1.29, 1.82) is 0 Å². The molecule has 0 saturated carbocycles. The molecule has 0 bridgehead atoms. The number of nitrogens with two attached hydrogens (primary N) is 1. The summed E-state index contributed by atoms with van der Waals surface area (Å²) in [5.74, 6) is 1.11. The molecule has 0 spiro atoms. The Labute approximate surface area is 126 Å². The standard InChI is InChI=1S/C11H17NOS.C4H10O2/c1-13-7-2-8-14-11-5-3-10(9-12)4-6-11;1-6-4-2-3-5/h3-6H,2,7-9,12H2,1H3;5H,2-4H2,1H3. The number of hydrogen-bond acceptors (Lipinski definition) is 5. The molecule has 1 aromatic rings. The van der Waals surface area contributed by atoms with Crippen LogP contribution in [0, 0.1) is 0 Å². The number of methoxy groups -OCH3 is 2. The van der Waals surface area contributed by atoms with Gasteiger partial charge in [-0.25, -0.2) is 0 Å². The molecule has 0 aliphatic rings. The van der Waals surface area contributed by atoms with Gasteiger partial charge in [0.1, 0.15) is 0 Å². The SMILES string of the molecule is COCCCO.COCCCSc1ccc(CN)cc1. The highest BCUT2D eigenvalue weighted by molar-refractivity contribution is 7.99. The molecule has 0 fully saturated rings. The number of ether oxygens (including phenoxy) is 2.